The van der Waals surface area contributed by atoms with Gasteiger partial charge in [-0.05, 0) is 48.7 Å². The number of fused-ring (bicyclic) bond motifs is 1. The second-order valence-corrected chi connectivity index (χ2v) is 9.14. The van der Waals surface area contributed by atoms with Crippen molar-refractivity contribution in [1.82, 2.24) is 5.32 Å². The molecule has 2 aliphatic rings. The number of ketones is 1. The van der Waals surface area contributed by atoms with Gasteiger partial charge in [-0.15, -0.1) is 0 Å². The van der Waals surface area contributed by atoms with Gasteiger partial charge in [0.25, 0.3) is 5.91 Å². The summed E-state index contributed by atoms with van der Waals surface area (Å²) in [6.45, 7) is 2.43. The average molecular weight is 475 g/mol. The second-order valence-electron chi connectivity index (χ2n) is 8.73. The zero-order valence-corrected chi connectivity index (χ0v) is 19.5. The summed E-state index contributed by atoms with van der Waals surface area (Å²) >= 11 is 6.56. The van der Waals surface area contributed by atoms with E-state index in [1.54, 1.807) is 18.2 Å². The van der Waals surface area contributed by atoms with Crippen molar-refractivity contribution in [3.05, 3.63) is 106 Å². The number of nitrogens with zero attached hydrogens (tertiary/aromatic N) is 1. The fourth-order valence-corrected chi connectivity index (χ4v) is 5.09. The van der Waals surface area contributed by atoms with Crippen molar-refractivity contribution < 1.29 is 14.0 Å². The van der Waals surface area contributed by atoms with Crippen molar-refractivity contribution in [1.29, 1.82) is 0 Å². The highest BCUT2D eigenvalue weighted by atomic mass is 35.5. The van der Waals surface area contributed by atoms with Gasteiger partial charge in [-0.3, -0.25) is 9.59 Å². The fraction of sp³-hybridized carbons (Fsp3) is 0.214. The molecule has 1 N–H and O–H groups in total. The summed E-state index contributed by atoms with van der Waals surface area (Å²) in [6, 6.07) is 20.9. The SMILES string of the molecule is CC1=C(C(=O)NC(c2ccccc2F)C2CCC2=O)c2cccc(Cl)c2CN1c1ccccc1. The van der Waals surface area contributed by atoms with E-state index in [9.17, 15) is 14.0 Å². The highest BCUT2D eigenvalue weighted by Gasteiger charge is 2.39. The van der Waals surface area contributed by atoms with Gasteiger partial charge in [0.1, 0.15) is 11.6 Å². The summed E-state index contributed by atoms with van der Waals surface area (Å²) in [5.74, 6) is -1.18. The van der Waals surface area contributed by atoms with E-state index < -0.39 is 17.8 Å². The van der Waals surface area contributed by atoms with Crippen molar-refractivity contribution in [2.75, 3.05) is 4.90 Å². The number of Topliss-reactive ketones (excluding diaryl/α,β-unsaturated/α-hetero) is 1. The Morgan fingerprint density at radius 2 is 1.79 bits per heavy atom. The normalized spacial score (nSPS) is 18.3. The van der Waals surface area contributed by atoms with E-state index >= 15 is 0 Å². The highest BCUT2D eigenvalue weighted by Crippen LogP contribution is 2.40. The third kappa shape index (κ3) is 3.90. The number of benzene rings is 3. The molecular formula is C28H24ClFN2O2. The van der Waals surface area contributed by atoms with Crippen LogP contribution in [-0.4, -0.2) is 11.7 Å². The Morgan fingerprint density at radius 3 is 2.47 bits per heavy atom. The summed E-state index contributed by atoms with van der Waals surface area (Å²) < 4.78 is 14.7. The summed E-state index contributed by atoms with van der Waals surface area (Å²) in [5, 5.41) is 3.59. The largest absolute Gasteiger partial charge is 0.344 e. The standard InChI is InChI=1S/C28H24ClFN2O2/c1-17-26(19-11-7-12-23(29)22(19)16-32(17)18-8-3-2-4-9-18)28(34)31-27(21-14-15-25(21)33)20-10-5-6-13-24(20)30/h2-13,21,27H,14-16H2,1H3,(H,31,34). The molecule has 0 bridgehead atoms. The minimum Gasteiger partial charge on any atom is -0.344 e. The Balaban J connectivity index is 1.58. The molecule has 1 aliphatic heterocycles. The van der Waals surface area contributed by atoms with Crippen LogP contribution in [-0.2, 0) is 16.1 Å². The summed E-state index contributed by atoms with van der Waals surface area (Å²) in [6.07, 6.45) is 1.07. The molecule has 0 saturated heterocycles. The Kier molecular flexibility index (Phi) is 5.96. The lowest BCUT2D eigenvalue weighted by Crippen LogP contribution is -2.43. The maximum atomic E-state index is 14.7. The van der Waals surface area contributed by atoms with Gasteiger partial charge >= 0.3 is 0 Å². The highest BCUT2D eigenvalue weighted by molar-refractivity contribution is 6.32. The molecule has 3 aromatic carbocycles. The van der Waals surface area contributed by atoms with Crippen LogP contribution in [0.15, 0.2) is 78.5 Å². The van der Waals surface area contributed by atoms with Gasteiger partial charge in [0, 0.05) is 40.9 Å². The number of hydrogen-bond donors (Lipinski definition) is 1. The number of rotatable bonds is 5. The van der Waals surface area contributed by atoms with Crippen LogP contribution in [0, 0.1) is 11.7 Å². The second kappa shape index (κ2) is 9.07. The molecule has 1 saturated carbocycles. The molecule has 172 valence electrons. The van der Waals surface area contributed by atoms with Gasteiger partial charge in [0.2, 0.25) is 0 Å². The number of hydrogen-bond acceptors (Lipinski definition) is 3. The number of carbonyl (C=O) groups is 2. The smallest absolute Gasteiger partial charge is 0.254 e. The minimum absolute atomic E-state index is 0.0391. The quantitative estimate of drug-likeness (QED) is 0.488. The molecule has 0 radical (unpaired) electrons. The molecule has 3 aromatic rings. The molecule has 2 unspecified atom stereocenters. The molecular weight excluding hydrogens is 451 g/mol. The summed E-state index contributed by atoms with van der Waals surface area (Å²) in [7, 11) is 0. The van der Waals surface area contributed by atoms with Gasteiger partial charge in [0.15, 0.2) is 0 Å². The van der Waals surface area contributed by atoms with Crippen LogP contribution >= 0.6 is 11.6 Å². The lowest BCUT2D eigenvalue weighted by Gasteiger charge is -2.36. The van der Waals surface area contributed by atoms with Crippen LogP contribution in [0.25, 0.3) is 5.57 Å². The maximum absolute atomic E-state index is 14.7. The van der Waals surface area contributed by atoms with Crippen molar-refractivity contribution in [3.63, 3.8) is 0 Å². The molecule has 2 atom stereocenters. The van der Waals surface area contributed by atoms with Gasteiger partial charge < -0.3 is 10.2 Å². The first-order valence-corrected chi connectivity index (χ1v) is 11.7. The molecule has 0 aromatic heterocycles. The zero-order chi connectivity index (χ0) is 23.8. The first kappa shape index (κ1) is 22.4. The van der Waals surface area contributed by atoms with Gasteiger partial charge in [-0.2, -0.15) is 0 Å². The van der Waals surface area contributed by atoms with Crippen LogP contribution in [0.4, 0.5) is 10.1 Å². The third-order valence-corrected chi connectivity index (χ3v) is 7.16. The molecule has 1 aliphatic carbocycles. The van der Waals surface area contributed by atoms with Crippen LogP contribution in [0.2, 0.25) is 5.02 Å². The van der Waals surface area contributed by atoms with Crippen LogP contribution in [0.1, 0.15) is 42.5 Å². The molecule has 6 heteroatoms. The van der Waals surface area contributed by atoms with E-state index in [2.05, 4.69) is 10.2 Å². The Hall–Kier alpha value is -3.44. The van der Waals surface area contributed by atoms with E-state index in [0.29, 0.717) is 35.5 Å². The van der Waals surface area contributed by atoms with Gasteiger partial charge in [-0.25, -0.2) is 4.39 Å². The lowest BCUT2D eigenvalue weighted by molar-refractivity contribution is -0.131. The van der Waals surface area contributed by atoms with E-state index in [0.717, 1.165) is 22.5 Å². The topological polar surface area (TPSA) is 49.4 Å². The molecule has 0 spiro atoms. The monoisotopic (exact) mass is 474 g/mol. The predicted molar refractivity (Wildman–Crippen MR) is 132 cm³/mol. The van der Waals surface area contributed by atoms with Crippen molar-refractivity contribution >= 4 is 34.6 Å². The zero-order valence-electron chi connectivity index (χ0n) is 18.7. The number of para-hydroxylation sites is 1. The van der Waals surface area contributed by atoms with Crippen LogP contribution in [0.5, 0.6) is 0 Å². The van der Waals surface area contributed by atoms with Crippen molar-refractivity contribution in [2.45, 2.75) is 32.4 Å². The Morgan fingerprint density at radius 1 is 1.06 bits per heavy atom. The molecule has 1 fully saturated rings. The fourth-order valence-electron chi connectivity index (χ4n) is 4.86. The molecule has 4 nitrogen and oxygen atoms in total. The predicted octanol–water partition coefficient (Wildman–Crippen LogP) is 6.07. The number of amides is 1. The first-order valence-electron chi connectivity index (χ1n) is 11.3. The van der Waals surface area contributed by atoms with Crippen LogP contribution < -0.4 is 10.2 Å². The number of allylic oxidation sites excluding steroid dienone is 1. The average Bonchev–Trinajstić information content (AvgIpc) is 2.83. The van der Waals surface area contributed by atoms with E-state index in [-0.39, 0.29) is 11.7 Å². The number of halogens is 2. The van der Waals surface area contributed by atoms with Gasteiger partial charge in [0.05, 0.1) is 11.6 Å². The van der Waals surface area contributed by atoms with Gasteiger partial charge in [-0.1, -0.05) is 60.1 Å². The Labute approximate surface area is 203 Å². The van der Waals surface area contributed by atoms with E-state index in [4.69, 9.17) is 11.6 Å². The number of nitrogens with one attached hydrogen (secondary N) is 1. The van der Waals surface area contributed by atoms with E-state index in [1.165, 1.54) is 6.07 Å². The summed E-state index contributed by atoms with van der Waals surface area (Å²) in [5.41, 5.74) is 4.11. The first-order chi connectivity index (χ1) is 16.5. The van der Waals surface area contributed by atoms with Crippen molar-refractivity contribution in [3.8, 4) is 0 Å². The lowest BCUT2D eigenvalue weighted by atomic mass is 9.75. The maximum Gasteiger partial charge on any atom is 0.254 e. The van der Waals surface area contributed by atoms with E-state index in [1.807, 2.05) is 55.5 Å². The molecule has 34 heavy (non-hydrogen) atoms. The Bertz CT molecular complexity index is 1300. The molecule has 1 heterocycles. The summed E-state index contributed by atoms with van der Waals surface area (Å²) in [4.78, 5) is 28.2. The molecule has 1 amide bonds. The van der Waals surface area contributed by atoms with Crippen LogP contribution in [0.3, 0.4) is 0 Å². The molecule has 5 rings (SSSR count). The minimum atomic E-state index is -0.731. The third-order valence-electron chi connectivity index (χ3n) is 6.81. The number of carbonyl (C=O) groups excluding carboxylic acids is 2. The van der Waals surface area contributed by atoms with Crippen molar-refractivity contribution in [2.24, 2.45) is 5.92 Å². The number of anilines is 1.